The van der Waals surface area contributed by atoms with Crippen molar-refractivity contribution >= 4 is 29.6 Å². The third kappa shape index (κ3) is 14.8. The van der Waals surface area contributed by atoms with Crippen molar-refractivity contribution < 1.29 is 24.2 Å². The minimum atomic E-state index is -1.05. The molecule has 6 nitrogen and oxygen atoms in total. The predicted octanol–water partition coefficient (Wildman–Crippen LogP) is 7.25. The number of carbonyl (C=O) groups excluding carboxylic acids is 2. The van der Waals surface area contributed by atoms with Gasteiger partial charge in [0.2, 0.25) is 5.91 Å². The third-order valence-corrected chi connectivity index (χ3v) is 7.61. The van der Waals surface area contributed by atoms with Gasteiger partial charge in [0.1, 0.15) is 11.6 Å². The van der Waals surface area contributed by atoms with Crippen molar-refractivity contribution in [3.8, 4) is 0 Å². The summed E-state index contributed by atoms with van der Waals surface area (Å²) < 4.78 is 5.58. The van der Waals surface area contributed by atoms with Crippen LogP contribution in [0.2, 0.25) is 0 Å². The van der Waals surface area contributed by atoms with Gasteiger partial charge in [-0.3, -0.25) is 9.59 Å². The first-order valence-electron chi connectivity index (χ1n) is 14.1. The molecule has 1 amide bonds. The van der Waals surface area contributed by atoms with Gasteiger partial charge in [0.15, 0.2) is 0 Å². The molecule has 3 unspecified atom stereocenters. The molecule has 3 atom stereocenters. The second kappa shape index (κ2) is 17.5. The summed E-state index contributed by atoms with van der Waals surface area (Å²) in [6.45, 7) is 14.0. The predicted molar refractivity (Wildman–Crippen MR) is 158 cm³/mol. The molecule has 0 aliphatic heterocycles. The summed E-state index contributed by atoms with van der Waals surface area (Å²) >= 11 is 1.49. The SMILES string of the molecule is CC(C)=CCCC(C)=CCCC(C)=CCSCC(NC(=O)C1CCCCCC1C(=O)OC(C)(C)C)C(=O)O. The lowest BCUT2D eigenvalue weighted by molar-refractivity contribution is -0.164. The first-order valence-corrected chi connectivity index (χ1v) is 15.2. The highest BCUT2D eigenvalue weighted by atomic mass is 32.2. The van der Waals surface area contributed by atoms with Gasteiger partial charge in [0.25, 0.3) is 0 Å². The molecular formula is C31H51NO5S. The van der Waals surface area contributed by atoms with Gasteiger partial charge in [-0.2, -0.15) is 11.8 Å². The molecule has 7 heteroatoms. The van der Waals surface area contributed by atoms with Gasteiger partial charge in [-0.1, -0.05) is 54.2 Å². The lowest BCUT2D eigenvalue weighted by Gasteiger charge is -2.28. The van der Waals surface area contributed by atoms with Crippen LogP contribution in [-0.4, -0.2) is 46.1 Å². The average molecular weight is 550 g/mol. The number of thioether (sulfide) groups is 1. The largest absolute Gasteiger partial charge is 0.480 e. The molecule has 1 aliphatic carbocycles. The number of esters is 1. The van der Waals surface area contributed by atoms with Gasteiger partial charge in [0, 0.05) is 11.5 Å². The van der Waals surface area contributed by atoms with Crippen molar-refractivity contribution in [3.05, 3.63) is 34.9 Å². The van der Waals surface area contributed by atoms with Gasteiger partial charge in [-0.05, 0) is 87.0 Å². The van der Waals surface area contributed by atoms with Crippen molar-refractivity contribution in [2.75, 3.05) is 11.5 Å². The molecule has 1 rings (SSSR count). The maximum absolute atomic E-state index is 13.1. The summed E-state index contributed by atoms with van der Waals surface area (Å²) in [6, 6.07) is -0.991. The fourth-order valence-corrected chi connectivity index (χ4v) is 5.46. The highest BCUT2D eigenvalue weighted by Crippen LogP contribution is 2.31. The lowest BCUT2D eigenvalue weighted by atomic mass is 9.86. The number of ether oxygens (including phenoxy) is 1. The van der Waals surface area contributed by atoms with Gasteiger partial charge >= 0.3 is 11.9 Å². The molecule has 2 N–H and O–H groups in total. The molecule has 0 saturated heterocycles. The van der Waals surface area contributed by atoms with Crippen LogP contribution in [0.1, 0.15) is 106 Å². The molecule has 0 radical (unpaired) electrons. The first kappa shape index (κ1) is 34.0. The molecule has 38 heavy (non-hydrogen) atoms. The average Bonchev–Trinajstić information content (AvgIpc) is 3.06. The maximum atomic E-state index is 13.1. The summed E-state index contributed by atoms with van der Waals surface area (Å²) in [5.41, 5.74) is 3.41. The van der Waals surface area contributed by atoms with Crippen LogP contribution in [0.25, 0.3) is 0 Å². The number of carboxylic acid groups (broad SMARTS) is 1. The zero-order valence-electron chi connectivity index (χ0n) is 24.7. The van der Waals surface area contributed by atoms with E-state index in [0.29, 0.717) is 18.6 Å². The highest BCUT2D eigenvalue weighted by Gasteiger charge is 2.38. The number of rotatable bonds is 14. The van der Waals surface area contributed by atoms with Crippen LogP contribution in [-0.2, 0) is 19.1 Å². The maximum Gasteiger partial charge on any atom is 0.327 e. The third-order valence-electron chi connectivity index (χ3n) is 6.63. The normalized spacial score (nSPS) is 19.8. The van der Waals surface area contributed by atoms with Crippen LogP contribution in [0.4, 0.5) is 0 Å². The number of aliphatic carboxylic acids is 1. The highest BCUT2D eigenvalue weighted by molar-refractivity contribution is 7.99. The van der Waals surface area contributed by atoms with Crippen molar-refractivity contribution in [3.63, 3.8) is 0 Å². The minimum absolute atomic E-state index is 0.276. The number of nitrogens with one attached hydrogen (secondary N) is 1. The van der Waals surface area contributed by atoms with E-state index < -0.39 is 29.4 Å². The number of amides is 1. The van der Waals surface area contributed by atoms with Gasteiger partial charge in [-0.25, -0.2) is 4.79 Å². The topological polar surface area (TPSA) is 92.7 Å². The van der Waals surface area contributed by atoms with E-state index in [1.54, 1.807) is 0 Å². The Balaban J connectivity index is 2.59. The summed E-state index contributed by atoms with van der Waals surface area (Å²) in [7, 11) is 0. The van der Waals surface area contributed by atoms with E-state index in [1.807, 2.05) is 20.8 Å². The van der Waals surface area contributed by atoms with Crippen molar-refractivity contribution in [1.29, 1.82) is 0 Å². The molecule has 1 saturated carbocycles. The standard InChI is InChI=1S/C31H51NO5S/c1-22(2)13-11-14-23(3)15-12-16-24(4)19-20-38-21-27(29(34)35)32-28(33)25-17-9-8-10-18-26(25)30(36)37-31(5,6)7/h13,15,19,25-27H,8-12,14,16-18,20-21H2,1-7H3,(H,32,33)(H,34,35). The first-order chi connectivity index (χ1) is 17.8. The van der Waals surface area contributed by atoms with Crippen molar-refractivity contribution in [2.24, 2.45) is 11.8 Å². The molecule has 0 aromatic rings. The zero-order valence-corrected chi connectivity index (χ0v) is 25.5. The molecule has 0 aromatic heterocycles. The fourth-order valence-electron chi connectivity index (χ4n) is 4.46. The fraction of sp³-hybridized carbons (Fsp3) is 0.710. The second-order valence-corrected chi connectivity index (χ2v) is 12.9. The molecule has 1 fully saturated rings. The molecule has 1 aliphatic rings. The Morgan fingerprint density at radius 1 is 0.921 bits per heavy atom. The Morgan fingerprint density at radius 3 is 2.08 bits per heavy atom. The van der Waals surface area contributed by atoms with Crippen LogP contribution in [0.3, 0.4) is 0 Å². The van der Waals surface area contributed by atoms with Gasteiger partial charge < -0.3 is 15.2 Å². The number of hydrogen-bond donors (Lipinski definition) is 2. The number of hydrogen-bond acceptors (Lipinski definition) is 5. The summed E-state index contributed by atoms with van der Waals surface area (Å²) in [6.07, 6.45) is 14.7. The van der Waals surface area contributed by atoms with Crippen molar-refractivity contribution in [2.45, 2.75) is 118 Å². The van der Waals surface area contributed by atoms with E-state index in [-0.39, 0.29) is 17.6 Å². The van der Waals surface area contributed by atoms with Gasteiger partial charge in [-0.15, -0.1) is 0 Å². The summed E-state index contributed by atoms with van der Waals surface area (Å²) in [4.78, 5) is 37.9. The van der Waals surface area contributed by atoms with Crippen LogP contribution in [0.15, 0.2) is 34.9 Å². The Morgan fingerprint density at radius 2 is 1.50 bits per heavy atom. The Bertz CT molecular complexity index is 864. The Labute approximate surface area is 235 Å². The van der Waals surface area contributed by atoms with E-state index >= 15 is 0 Å². The van der Waals surface area contributed by atoms with Crippen LogP contribution >= 0.6 is 11.8 Å². The lowest BCUT2D eigenvalue weighted by Crippen LogP contribution is -2.48. The number of carboxylic acids is 1. The zero-order chi connectivity index (χ0) is 28.7. The Kier molecular flexibility index (Phi) is 15.7. The smallest absolute Gasteiger partial charge is 0.327 e. The number of carbonyl (C=O) groups is 3. The second-order valence-electron chi connectivity index (χ2n) is 11.8. The molecule has 0 aromatic carbocycles. The molecule has 0 spiro atoms. The molecule has 216 valence electrons. The van der Waals surface area contributed by atoms with E-state index in [4.69, 9.17) is 4.74 Å². The summed E-state index contributed by atoms with van der Waals surface area (Å²) in [5, 5.41) is 12.4. The van der Waals surface area contributed by atoms with E-state index in [1.165, 1.54) is 28.5 Å². The van der Waals surface area contributed by atoms with Gasteiger partial charge in [0.05, 0.1) is 11.8 Å². The molecule has 0 heterocycles. The summed E-state index contributed by atoms with van der Waals surface area (Å²) in [5.74, 6) is -1.89. The van der Waals surface area contributed by atoms with Crippen LogP contribution in [0, 0.1) is 11.8 Å². The van der Waals surface area contributed by atoms with Crippen LogP contribution < -0.4 is 5.32 Å². The number of allylic oxidation sites excluding steroid dienone is 5. The van der Waals surface area contributed by atoms with Crippen molar-refractivity contribution in [1.82, 2.24) is 5.32 Å². The Hall–Kier alpha value is -2.02. The van der Waals surface area contributed by atoms with E-state index in [9.17, 15) is 19.5 Å². The van der Waals surface area contributed by atoms with E-state index in [0.717, 1.165) is 44.9 Å². The quantitative estimate of drug-likeness (QED) is 0.103. The monoisotopic (exact) mass is 549 g/mol. The van der Waals surface area contributed by atoms with E-state index in [2.05, 4.69) is 51.2 Å². The molecular weight excluding hydrogens is 498 g/mol. The minimum Gasteiger partial charge on any atom is -0.480 e. The molecule has 0 bridgehead atoms. The van der Waals surface area contributed by atoms with Crippen LogP contribution in [0.5, 0.6) is 0 Å².